The minimum atomic E-state index is -4.43. The van der Waals surface area contributed by atoms with E-state index in [0.717, 1.165) is 30.5 Å². The average Bonchev–Trinajstić information content (AvgIpc) is 2.45. The van der Waals surface area contributed by atoms with Crippen LogP contribution in [0.5, 0.6) is 0 Å². The number of carbonyl (C=O) groups excluding carboxylic acids is 1. The van der Waals surface area contributed by atoms with Crippen LogP contribution in [0.1, 0.15) is 28.8 Å². The van der Waals surface area contributed by atoms with Crippen LogP contribution in [0.2, 0.25) is 0 Å². The van der Waals surface area contributed by atoms with E-state index in [2.05, 4.69) is 4.72 Å². The predicted octanol–water partition coefficient (Wildman–Crippen LogP) is 1.86. The van der Waals surface area contributed by atoms with Crippen molar-refractivity contribution in [3.05, 3.63) is 35.4 Å². The van der Waals surface area contributed by atoms with Crippen molar-refractivity contribution in [3.8, 4) is 0 Å². The first-order chi connectivity index (χ1) is 10.6. The molecule has 0 unspecified atom stereocenters. The molecule has 0 aromatic heterocycles. The first kappa shape index (κ1) is 17.7. The Morgan fingerprint density at radius 3 is 2.13 bits per heavy atom. The maximum atomic E-state index is 12.5. The van der Waals surface area contributed by atoms with E-state index in [4.69, 9.17) is 0 Å². The standard InChI is InChI=1S/C14H17F3N2O3S/c1-23(21,22)18-12-6-8-19(9-7-12)13(20)10-2-4-11(5-3-10)14(15,16)17/h2-5,12,18H,6-9H2,1H3. The summed E-state index contributed by atoms with van der Waals surface area (Å²) in [4.78, 5) is 13.8. The van der Waals surface area contributed by atoms with Gasteiger partial charge >= 0.3 is 6.18 Å². The second-order valence-electron chi connectivity index (χ2n) is 5.53. The zero-order valence-corrected chi connectivity index (χ0v) is 13.2. The van der Waals surface area contributed by atoms with E-state index >= 15 is 0 Å². The summed E-state index contributed by atoms with van der Waals surface area (Å²) in [5.41, 5.74) is -0.613. The van der Waals surface area contributed by atoms with Crippen LogP contribution < -0.4 is 4.72 Å². The third-order valence-corrected chi connectivity index (χ3v) is 4.38. The number of nitrogens with zero attached hydrogens (tertiary/aromatic N) is 1. The molecule has 0 aliphatic carbocycles. The lowest BCUT2D eigenvalue weighted by Gasteiger charge is -2.32. The van der Waals surface area contributed by atoms with Crippen LogP contribution >= 0.6 is 0 Å². The Morgan fingerprint density at radius 2 is 1.70 bits per heavy atom. The third-order valence-electron chi connectivity index (χ3n) is 3.62. The van der Waals surface area contributed by atoms with Gasteiger partial charge < -0.3 is 4.90 Å². The number of sulfonamides is 1. The normalized spacial score (nSPS) is 17.3. The van der Waals surface area contributed by atoms with Gasteiger partial charge in [0.25, 0.3) is 5.91 Å². The molecule has 128 valence electrons. The van der Waals surface area contributed by atoms with Crippen molar-refractivity contribution < 1.29 is 26.4 Å². The summed E-state index contributed by atoms with van der Waals surface area (Å²) in [6, 6.07) is 3.86. The van der Waals surface area contributed by atoms with E-state index in [1.54, 1.807) is 0 Å². The largest absolute Gasteiger partial charge is 0.416 e. The van der Waals surface area contributed by atoms with Gasteiger partial charge in [-0.25, -0.2) is 13.1 Å². The molecule has 23 heavy (non-hydrogen) atoms. The summed E-state index contributed by atoms with van der Waals surface area (Å²) in [6.07, 6.45) is -2.41. The quantitative estimate of drug-likeness (QED) is 0.905. The molecule has 1 heterocycles. The summed E-state index contributed by atoms with van der Waals surface area (Å²) in [6.45, 7) is 0.708. The molecule has 1 aliphatic rings. The van der Waals surface area contributed by atoms with Crippen molar-refractivity contribution in [1.82, 2.24) is 9.62 Å². The zero-order valence-electron chi connectivity index (χ0n) is 12.4. The molecule has 0 saturated carbocycles. The number of alkyl halides is 3. The lowest BCUT2D eigenvalue weighted by Crippen LogP contribution is -2.46. The van der Waals surface area contributed by atoms with E-state index in [0.29, 0.717) is 25.9 Å². The maximum absolute atomic E-state index is 12.5. The van der Waals surface area contributed by atoms with Crippen LogP contribution in [0.15, 0.2) is 24.3 Å². The molecule has 0 bridgehead atoms. The van der Waals surface area contributed by atoms with Crippen molar-refractivity contribution in [1.29, 1.82) is 0 Å². The number of hydrogen-bond donors (Lipinski definition) is 1. The van der Waals surface area contributed by atoms with E-state index in [9.17, 15) is 26.4 Å². The summed E-state index contributed by atoms with van der Waals surface area (Å²) >= 11 is 0. The highest BCUT2D eigenvalue weighted by molar-refractivity contribution is 7.88. The molecule has 9 heteroatoms. The van der Waals surface area contributed by atoms with E-state index in [1.807, 2.05) is 0 Å². The number of amides is 1. The SMILES string of the molecule is CS(=O)(=O)NC1CCN(C(=O)c2ccc(C(F)(F)F)cc2)CC1. The van der Waals surface area contributed by atoms with Gasteiger partial charge in [0.15, 0.2) is 0 Å². The smallest absolute Gasteiger partial charge is 0.339 e. The minimum Gasteiger partial charge on any atom is -0.339 e. The summed E-state index contributed by atoms with van der Waals surface area (Å²) in [7, 11) is -3.29. The monoisotopic (exact) mass is 350 g/mol. The van der Waals surface area contributed by atoms with Crippen LogP contribution in [-0.4, -0.2) is 44.6 Å². The molecule has 0 atom stereocenters. The van der Waals surface area contributed by atoms with Crippen molar-refractivity contribution in [2.24, 2.45) is 0 Å². The first-order valence-corrected chi connectivity index (χ1v) is 8.89. The highest BCUT2D eigenvalue weighted by Crippen LogP contribution is 2.29. The molecular weight excluding hydrogens is 333 g/mol. The topological polar surface area (TPSA) is 66.5 Å². The maximum Gasteiger partial charge on any atom is 0.416 e. The van der Waals surface area contributed by atoms with Gasteiger partial charge in [-0.2, -0.15) is 13.2 Å². The van der Waals surface area contributed by atoms with Crippen molar-refractivity contribution in [2.75, 3.05) is 19.3 Å². The lowest BCUT2D eigenvalue weighted by molar-refractivity contribution is -0.137. The number of piperidine rings is 1. The van der Waals surface area contributed by atoms with Crippen LogP contribution in [0.3, 0.4) is 0 Å². The molecule has 0 spiro atoms. The molecule has 1 amide bonds. The minimum absolute atomic E-state index is 0.188. The molecule has 1 aromatic carbocycles. The Morgan fingerprint density at radius 1 is 1.17 bits per heavy atom. The number of hydrogen-bond acceptors (Lipinski definition) is 3. The van der Waals surface area contributed by atoms with Gasteiger partial charge in [0.05, 0.1) is 11.8 Å². The Bertz CT molecular complexity index is 664. The molecule has 1 N–H and O–H groups in total. The Kier molecular flexibility index (Phi) is 5.00. The van der Waals surface area contributed by atoms with Gasteiger partial charge in [-0.05, 0) is 37.1 Å². The molecule has 1 aromatic rings. The van der Waals surface area contributed by atoms with Crippen molar-refractivity contribution in [2.45, 2.75) is 25.1 Å². The van der Waals surface area contributed by atoms with Crippen LogP contribution in [-0.2, 0) is 16.2 Å². The Hall–Kier alpha value is -1.61. The van der Waals surface area contributed by atoms with E-state index < -0.39 is 21.8 Å². The molecular formula is C14H17F3N2O3S. The van der Waals surface area contributed by atoms with E-state index in [1.165, 1.54) is 4.90 Å². The molecule has 2 rings (SSSR count). The molecule has 1 fully saturated rings. The van der Waals surface area contributed by atoms with Crippen molar-refractivity contribution >= 4 is 15.9 Å². The van der Waals surface area contributed by atoms with Crippen LogP contribution in [0, 0.1) is 0 Å². The van der Waals surface area contributed by atoms with E-state index in [-0.39, 0.29) is 17.5 Å². The Balaban J connectivity index is 1.97. The van der Waals surface area contributed by atoms with Gasteiger partial charge in [0, 0.05) is 24.7 Å². The zero-order chi connectivity index (χ0) is 17.3. The lowest BCUT2D eigenvalue weighted by atomic mass is 10.0. The number of benzene rings is 1. The summed E-state index contributed by atoms with van der Waals surface area (Å²) < 4.78 is 62.3. The fraction of sp³-hybridized carbons (Fsp3) is 0.500. The second kappa shape index (κ2) is 6.48. The number of halogens is 3. The summed E-state index contributed by atoms with van der Waals surface area (Å²) in [5.74, 6) is -0.350. The highest BCUT2D eigenvalue weighted by atomic mass is 32.2. The number of rotatable bonds is 3. The fourth-order valence-corrected chi connectivity index (χ4v) is 3.33. The van der Waals surface area contributed by atoms with Gasteiger partial charge in [-0.1, -0.05) is 0 Å². The molecule has 1 aliphatic heterocycles. The first-order valence-electron chi connectivity index (χ1n) is 7.00. The summed E-state index contributed by atoms with van der Waals surface area (Å²) in [5, 5.41) is 0. The third kappa shape index (κ3) is 4.93. The number of nitrogens with one attached hydrogen (secondary N) is 1. The van der Waals surface area contributed by atoms with Crippen LogP contribution in [0.25, 0.3) is 0 Å². The van der Waals surface area contributed by atoms with Crippen molar-refractivity contribution in [3.63, 3.8) is 0 Å². The number of carbonyl (C=O) groups is 1. The molecule has 1 saturated heterocycles. The number of likely N-dealkylation sites (tertiary alicyclic amines) is 1. The fourth-order valence-electron chi connectivity index (χ4n) is 2.49. The Labute approximate surface area is 132 Å². The van der Waals surface area contributed by atoms with Gasteiger partial charge in [0.2, 0.25) is 10.0 Å². The van der Waals surface area contributed by atoms with Gasteiger partial charge in [-0.15, -0.1) is 0 Å². The molecule has 0 radical (unpaired) electrons. The van der Waals surface area contributed by atoms with Gasteiger partial charge in [0.1, 0.15) is 0 Å². The second-order valence-corrected chi connectivity index (χ2v) is 7.31. The van der Waals surface area contributed by atoms with Crippen LogP contribution in [0.4, 0.5) is 13.2 Å². The average molecular weight is 350 g/mol. The molecule has 5 nitrogen and oxygen atoms in total. The highest BCUT2D eigenvalue weighted by Gasteiger charge is 2.31. The predicted molar refractivity (Wildman–Crippen MR) is 78.3 cm³/mol. The van der Waals surface area contributed by atoms with Gasteiger partial charge in [-0.3, -0.25) is 4.79 Å².